The molecule has 1 heterocycles. The van der Waals surface area contributed by atoms with Gasteiger partial charge in [-0.1, -0.05) is 47.5 Å². The number of aromatic nitrogens is 2. The van der Waals surface area contributed by atoms with Gasteiger partial charge in [-0.25, -0.2) is 4.68 Å². The van der Waals surface area contributed by atoms with Crippen LogP contribution in [-0.2, 0) is 0 Å². The standard InChI is InChI=1S/C16H11Cl2N3S/c17-12-5-1-10(2-6-12)14-9-15(21(20-14)16(19)22)11-3-7-13(18)8-4-11/h1-9H,(H2,19,22). The molecule has 110 valence electrons. The van der Waals surface area contributed by atoms with Gasteiger partial charge in [-0.3, -0.25) is 0 Å². The number of nitrogens with two attached hydrogens (primary N) is 1. The summed E-state index contributed by atoms with van der Waals surface area (Å²) in [6, 6.07) is 16.8. The van der Waals surface area contributed by atoms with E-state index in [2.05, 4.69) is 5.10 Å². The number of benzene rings is 2. The Morgan fingerprint density at radius 3 is 1.91 bits per heavy atom. The summed E-state index contributed by atoms with van der Waals surface area (Å²) in [5, 5.41) is 6.01. The molecule has 0 aliphatic carbocycles. The predicted molar refractivity (Wildman–Crippen MR) is 95.3 cm³/mol. The summed E-state index contributed by atoms with van der Waals surface area (Å²) in [6.07, 6.45) is 0. The molecular weight excluding hydrogens is 337 g/mol. The fourth-order valence-electron chi connectivity index (χ4n) is 2.14. The third-order valence-electron chi connectivity index (χ3n) is 3.20. The number of halogens is 2. The first-order valence-corrected chi connectivity index (χ1v) is 7.63. The lowest BCUT2D eigenvalue weighted by Crippen LogP contribution is -2.21. The zero-order chi connectivity index (χ0) is 15.7. The summed E-state index contributed by atoms with van der Waals surface area (Å²) in [5.41, 5.74) is 9.24. The van der Waals surface area contributed by atoms with E-state index >= 15 is 0 Å². The molecular formula is C16H11Cl2N3S. The number of nitrogens with zero attached hydrogens (tertiary/aromatic N) is 2. The van der Waals surface area contributed by atoms with E-state index in [9.17, 15) is 0 Å². The molecule has 0 aliphatic heterocycles. The first-order chi connectivity index (χ1) is 10.5. The highest BCUT2D eigenvalue weighted by Crippen LogP contribution is 2.27. The van der Waals surface area contributed by atoms with E-state index in [1.165, 1.54) is 0 Å². The number of hydrogen-bond acceptors (Lipinski definition) is 2. The second-order valence-electron chi connectivity index (χ2n) is 4.68. The van der Waals surface area contributed by atoms with Crippen LogP contribution in [-0.4, -0.2) is 14.9 Å². The van der Waals surface area contributed by atoms with Crippen molar-refractivity contribution in [2.75, 3.05) is 0 Å². The van der Waals surface area contributed by atoms with Gasteiger partial charge >= 0.3 is 0 Å². The highest BCUT2D eigenvalue weighted by molar-refractivity contribution is 7.80. The third kappa shape index (κ3) is 2.99. The Bertz CT molecular complexity index is 824. The van der Waals surface area contributed by atoms with Crippen LogP contribution in [0.15, 0.2) is 54.6 Å². The Morgan fingerprint density at radius 1 is 0.909 bits per heavy atom. The van der Waals surface area contributed by atoms with Crippen LogP contribution in [0.3, 0.4) is 0 Å². The normalized spacial score (nSPS) is 10.6. The molecule has 3 aromatic rings. The number of thiocarbonyl (C=S) groups is 1. The summed E-state index contributed by atoms with van der Waals surface area (Å²) in [7, 11) is 0. The quantitative estimate of drug-likeness (QED) is 0.688. The molecule has 0 radical (unpaired) electrons. The molecule has 2 N–H and O–H groups in total. The zero-order valence-corrected chi connectivity index (χ0v) is 13.7. The predicted octanol–water partition coefficient (Wildman–Crippen LogP) is 4.62. The zero-order valence-electron chi connectivity index (χ0n) is 11.3. The molecule has 3 rings (SSSR count). The van der Waals surface area contributed by atoms with Gasteiger partial charge in [0.25, 0.3) is 0 Å². The maximum Gasteiger partial charge on any atom is 0.191 e. The monoisotopic (exact) mass is 347 g/mol. The Balaban J connectivity index is 2.11. The van der Waals surface area contributed by atoms with Gasteiger partial charge in [0, 0.05) is 21.2 Å². The van der Waals surface area contributed by atoms with E-state index in [0.717, 1.165) is 22.5 Å². The van der Waals surface area contributed by atoms with Crippen LogP contribution in [0.5, 0.6) is 0 Å². The van der Waals surface area contributed by atoms with E-state index < -0.39 is 0 Å². The van der Waals surface area contributed by atoms with Gasteiger partial charge in [0.2, 0.25) is 0 Å². The molecule has 0 atom stereocenters. The van der Waals surface area contributed by atoms with Crippen LogP contribution in [0.25, 0.3) is 22.5 Å². The van der Waals surface area contributed by atoms with Gasteiger partial charge in [-0.15, -0.1) is 0 Å². The van der Waals surface area contributed by atoms with E-state index in [1.807, 2.05) is 54.6 Å². The lowest BCUT2D eigenvalue weighted by Gasteiger charge is -2.04. The van der Waals surface area contributed by atoms with Gasteiger partial charge in [-0.2, -0.15) is 5.10 Å². The average molecular weight is 348 g/mol. The molecule has 0 saturated heterocycles. The van der Waals surface area contributed by atoms with Crippen molar-refractivity contribution in [1.82, 2.24) is 9.78 Å². The van der Waals surface area contributed by atoms with Crippen molar-refractivity contribution < 1.29 is 0 Å². The molecule has 0 saturated carbocycles. The van der Waals surface area contributed by atoms with Gasteiger partial charge in [0.1, 0.15) is 0 Å². The third-order valence-corrected chi connectivity index (χ3v) is 3.87. The van der Waals surface area contributed by atoms with Crippen molar-refractivity contribution in [1.29, 1.82) is 0 Å². The second kappa shape index (κ2) is 6.08. The highest BCUT2D eigenvalue weighted by atomic mass is 35.5. The van der Waals surface area contributed by atoms with Crippen molar-refractivity contribution in [2.24, 2.45) is 5.73 Å². The van der Waals surface area contributed by atoms with Crippen molar-refractivity contribution >= 4 is 40.5 Å². The molecule has 0 unspecified atom stereocenters. The fraction of sp³-hybridized carbons (Fsp3) is 0. The highest BCUT2D eigenvalue weighted by Gasteiger charge is 2.13. The maximum atomic E-state index is 5.93. The number of hydrogen-bond donors (Lipinski definition) is 1. The van der Waals surface area contributed by atoms with Crippen molar-refractivity contribution in [3.05, 3.63) is 64.6 Å². The van der Waals surface area contributed by atoms with E-state index in [1.54, 1.807) is 4.68 Å². The molecule has 22 heavy (non-hydrogen) atoms. The Hall–Kier alpha value is -1.88. The Kier molecular flexibility index (Phi) is 4.16. The first-order valence-electron chi connectivity index (χ1n) is 6.46. The van der Waals surface area contributed by atoms with Crippen molar-refractivity contribution in [3.8, 4) is 22.5 Å². The minimum atomic E-state index is 0.185. The fourth-order valence-corrected chi connectivity index (χ4v) is 2.53. The largest absolute Gasteiger partial charge is 0.374 e. The summed E-state index contributed by atoms with van der Waals surface area (Å²) in [5.74, 6) is 0. The van der Waals surface area contributed by atoms with Crippen molar-refractivity contribution in [2.45, 2.75) is 0 Å². The molecule has 2 aromatic carbocycles. The van der Waals surface area contributed by atoms with Crippen LogP contribution in [0.4, 0.5) is 0 Å². The van der Waals surface area contributed by atoms with E-state index in [-0.39, 0.29) is 5.11 Å². The summed E-state index contributed by atoms with van der Waals surface area (Å²) in [4.78, 5) is 0. The van der Waals surface area contributed by atoms with Gasteiger partial charge in [-0.05, 0) is 42.5 Å². The molecule has 0 amide bonds. The number of rotatable bonds is 2. The lowest BCUT2D eigenvalue weighted by atomic mass is 10.1. The molecule has 0 fully saturated rings. The second-order valence-corrected chi connectivity index (χ2v) is 5.97. The van der Waals surface area contributed by atoms with Gasteiger partial charge in [0.05, 0.1) is 11.4 Å². The van der Waals surface area contributed by atoms with E-state index in [0.29, 0.717) is 10.0 Å². The van der Waals surface area contributed by atoms with Gasteiger partial charge < -0.3 is 5.73 Å². The Labute approximate surface area is 143 Å². The molecule has 0 spiro atoms. The minimum absolute atomic E-state index is 0.185. The Morgan fingerprint density at radius 2 is 1.41 bits per heavy atom. The summed E-state index contributed by atoms with van der Waals surface area (Å²) >= 11 is 16.9. The minimum Gasteiger partial charge on any atom is -0.374 e. The van der Waals surface area contributed by atoms with Crippen LogP contribution < -0.4 is 5.73 Å². The van der Waals surface area contributed by atoms with Crippen LogP contribution in [0.1, 0.15) is 0 Å². The molecule has 1 aromatic heterocycles. The van der Waals surface area contributed by atoms with E-state index in [4.69, 9.17) is 41.2 Å². The van der Waals surface area contributed by atoms with Crippen molar-refractivity contribution in [3.63, 3.8) is 0 Å². The SMILES string of the molecule is NC(=S)n1nc(-c2ccc(Cl)cc2)cc1-c1ccc(Cl)cc1. The molecule has 3 nitrogen and oxygen atoms in total. The molecule has 0 aliphatic rings. The van der Waals surface area contributed by atoms with Gasteiger partial charge in [0.15, 0.2) is 5.11 Å². The first kappa shape index (κ1) is 15.0. The molecule has 0 bridgehead atoms. The van der Waals surface area contributed by atoms with Crippen LogP contribution in [0.2, 0.25) is 10.0 Å². The lowest BCUT2D eigenvalue weighted by molar-refractivity contribution is 0.951. The smallest absolute Gasteiger partial charge is 0.191 e. The molecule has 6 heteroatoms. The topological polar surface area (TPSA) is 43.8 Å². The average Bonchev–Trinajstić information content (AvgIpc) is 2.94. The van der Waals surface area contributed by atoms with Crippen LogP contribution >= 0.6 is 35.4 Å². The summed E-state index contributed by atoms with van der Waals surface area (Å²) in [6.45, 7) is 0. The summed E-state index contributed by atoms with van der Waals surface area (Å²) < 4.78 is 1.54. The van der Waals surface area contributed by atoms with Crippen LogP contribution in [0, 0.1) is 0 Å². The maximum absolute atomic E-state index is 5.93.